The van der Waals surface area contributed by atoms with Crippen LogP contribution in [0.5, 0.6) is 0 Å². The van der Waals surface area contributed by atoms with Gasteiger partial charge in [-0.2, -0.15) is 0 Å². The van der Waals surface area contributed by atoms with E-state index < -0.39 is 0 Å². The van der Waals surface area contributed by atoms with Gasteiger partial charge in [0.15, 0.2) is 0 Å². The molecule has 1 aliphatic carbocycles. The van der Waals surface area contributed by atoms with Crippen molar-refractivity contribution < 1.29 is 14.1 Å². The molecule has 1 fully saturated rings. The Kier molecular flexibility index (Phi) is 5.55. The molecule has 1 N–H and O–H groups in total. The van der Waals surface area contributed by atoms with E-state index in [2.05, 4.69) is 59.0 Å². The molecule has 31 heavy (non-hydrogen) atoms. The van der Waals surface area contributed by atoms with Crippen molar-refractivity contribution in [1.29, 1.82) is 0 Å². The Bertz CT molecular complexity index is 969. The molecule has 2 aromatic carbocycles. The first-order valence-corrected chi connectivity index (χ1v) is 11.3. The van der Waals surface area contributed by atoms with Gasteiger partial charge in [0, 0.05) is 29.9 Å². The number of nitrogens with one attached hydrogen (secondary N) is 1. The van der Waals surface area contributed by atoms with Crippen LogP contribution in [0.4, 0.5) is 5.69 Å². The first-order valence-electron chi connectivity index (χ1n) is 11.3. The summed E-state index contributed by atoms with van der Waals surface area (Å²) in [6.07, 6.45) is 2.32. The molecular formula is C26H34BNO3. The highest BCUT2D eigenvalue weighted by molar-refractivity contribution is 6.61. The normalized spacial score (nSPS) is 21.3. The van der Waals surface area contributed by atoms with E-state index in [1.165, 1.54) is 17.5 Å². The summed E-state index contributed by atoms with van der Waals surface area (Å²) in [4.78, 5) is 12.9. The maximum atomic E-state index is 12.9. The van der Waals surface area contributed by atoms with E-state index in [9.17, 15) is 4.79 Å². The molecule has 0 bridgehead atoms. The number of carbonyl (C=O) groups excluding carboxylic acids is 1. The summed E-state index contributed by atoms with van der Waals surface area (Å²) in [5.74, 6) is -0.106. The van der Waals surface area contributed by atoms with Crippen molar-refractivity contribution in [2.75, 3.05) is 18.5 Å². The Hall–Kier alpha value is -2.11. The summed E-state index contributed by atoms with van der Waals surface area (Å²) >= 11 is 0. The van der Waals surface area contributed by atoms with E-state index >= 15 is 0 Å². The third-order valence-electron chi connectivity index (χ3n) is 6.81. The third-order valence-corrected chi connectivity index (χ3v) is 6.81. The largest absolute Gasteiger partial charge is 0.493 e. The van der Waals surface area contributed by atoms with Crippen molar-refractivity contribution >= 4 is 24.2 Å². The standard InChI is InChI=1S/C26H34BNO3/c1-24(2)16-30-27(31-17-24)19-9-7-18(8-10-19)23(29)28-20-11-12-21-22(15-20)26(5,6)14-13-25(21,3)4/h7-12,15H,13-14,16-17H2,1-6H3,(H,28,29). The van der Waals surface area contributed by atoms with E-state index in [0.29, 0.717) is 18.8 Å². The molecule has 5 heteroatoms. The van der Waals surface area contributed by atoms with Crippen LogP contribution in [0, 0.1) is 5.41 Å². The van der Waals surface area contributed by atoms with E-state index in [1.807, 2.05) is 30.3 Å². The van der Waals surface area contributed by atoms with E-state index in [0.717, 1.165) is 17.6 Å². The minimum absolute atomic E-state index is 0.0367. The molecule has 1 aliphatic heterocycles. The Morgan fingerprint density at radius 1 is 0.839 bits per heavy atom. The number of amides is 1. The van der Waals surface area contributed by atoms with Gasteiger partial charge in [-0.25, -0.2) is 0 Å². The number of anilines is 1. The fourth-order valence-electron chi connectivity index (χ4n) is 4.55. The van der Waals surface area contributed by atoms with Crippen LogP contribution in [0.15, 0.2) is 42.5 Å². The van der Waals surface area contributed by atoms with Crippen molar-refractivity contribution in [1.82, 2.24) is 0 Å². The topological polar surface area (TPSA) is 47.6 Å². The molecule has 4 rings (SSSR count). The van der Waals surface area contributed by atoms with Crippen LogP contribution >= 0.6 is 0 Å². The fraction of sp³-hybridized carbons (Fsp3) is 0.500. The number of fused-ring (bicyclic) bond motifs is 1. The second kappa shape index (κ2) is 7.79. The van der Waals surface area contributed by atoms with E-state index in [-0.39, 0.29) is 29.3 Å². The summed E-state index contributed by atoms with van der Waals surface area (Å²) in [5.41, 5.74) is 5.45. The minimum Gasteiger partial charge on any atom is -0.407 e. The zero-order valence-electron chi connectivity index (χ0n) is 19.7. The van der Waals surface area contributed by atoms with Gasteiger partial charge in [0.25, 0.3) is 5.91 Å². The van der Waals surface area contributed by atoms with Gasteiger partial charge in [-0.15, -0.1) is 0 Å². The lowest BCUT2D eigenvalue weighted by Crippen LogP contribution is -2.47. The molecule has 164 valence electrons. The molecule has 1 amide bonds. The average molecular weight is 419 g/mol. The van der Waals surface area contributed by atoms with Gasteiger partial charge in [-0.3, -0.25) is 4.79 Å². The van der Waals surface area contributed by atoms with Crippen molar-refractivity contribution in [3.63, 3.8) is 0 Å². The van der Waals surface area contributed by atoms with Gasteiger partial charge in [0.2, 0.25) is 0 Å². The summed E-state index contributed by atoms with van der Waals surface area (Å²) < 4.78 is 11.7. The molecule has 0 spiro atoms. The quantitative estimate of drug-likeness (QED) is 0.708. The summed E-state index contributed by atoms with van der Waals surface area (Å²) in [6, 6.07) is 13.9. The lowest BCUT2D eigenvalue weighted by Gasteiger charge is -2.42. The van der Waals surface area contributed by atoms with Crippen LogP contribution in [0.1, 0.15) is 75.9 Å². The minimum atomic E-state index is -0.364. The highest BCUT2D eigenvalue weighted by atomic mass is 16.6. The highest BCUT2D eigenvalue weighted by Gasteiger charge is 2.37. The van der Waals surface area contributed by atoms with Gasteiger partial charge in [-0.05, 0) is 64.5 Å². The number of benzene rings is 2. The molecule has 0 unspecified atom stereocenters. The van der Waals surface area contributed by atoms with Crippen molar-refractivity contribution in [2.24, 2.45) is 5.41 Å². The van der Waals surface area contributed by atoms with Gasteiger partial charge in [-0.1, -0.05) is 59.7 Å². The lowest BCUT2D eigenvalue weighted by molar-refractivity contribution is 0.0343. The molecule has 1 heterocycles. The predicted molar refractivity (Wildman–Crippen MR) is 127 cm³/mol. The van der Waals surface area contributed by atoms with Crippen LogP contribution in [-0.2, 0) is 20.1 Å². The smallest absolute Gasteiger partial charge is 0.407 e. The molecule has 0 radical (unpaired) electrons. The molecule has 2 aromatic rings. The molecule has 0 aromatic heterocycles. The highest BCUT2D eigenvalue weighted by Crippen LogP contribution is 2.46. The second-order valence-corrected chi connectivity index (χ2v) is 11.2. The fourth-order valence-corrected chi connectivity index (χ4v) is 4.55. The van der Waals surface area contributed by atoms with Gasteiger partial charge in [0.1, 0.15) is 0 Å². The van der Waals surface area contributed by atoms with Gasteiger partial charge >= 0.3 is 7.12 Å². The molecule has 4 nitrogen and oxygen atoms in total. The zero-order valence-corrected chi connectivity index (χ0v) is 19.7. The van der Waals surface area contributed by atoms with Crippen molar-refractivity contribution in [3.05, 3.63) is 59.2 Å². The van der Waals surface area contributed by atoms with Crippen molar-refractivity contribution in [2.45, 2.75) is 65.2 Å². The summed E-state index contributed by atoms with van der Waals surface area (Å²) in [5, 5.41) is 3.08. The van der Waals surface area contributed by atoms with Crippen LogP contribution in [-0.4, -0.2) is 26.2 Å². The summed E-state index contributed by atoms with van der Waals surface area (Å²) in [7, 11) is -0.364. The van der Waals surface area contributed by atoms with Crippen LogP contribution in [0.3, 0.4) is 0 Å². The number of hydrogen-bond acceptors (Lipinski definition) is 3. The maximum Gasteiger partial charge on any atom is 0.493 e. The molecule has 0 atom stereocenters. The van der Waals surface area contributed by atoms with Crippen LogP contribution in [0.25, 0.3) is 0 Å². The predicted octanol–water partition coefficient (Wildman–Crippen LogP) is 5.06. The van der Waals surface area contributed by atoms with Crippen LogP contribution < -0.4 is 10.8 Å². The van der Waals surface area contributed by atoms with Crippen molar-refractivity contribution in [3.8, 4) is 0 Å². The van der Waals surface area contributed by atoms with E-state index in [1.54, 1.807) is 0 Å². The Morgan fingerprint density at radius 2 is 1.42 bits per heavy atom. The first-order chi connectivity index (χ1) is 14.5. The van der Waals surface area contributed by atoms with Gasteiger partial charge in [0.05, 0.1) is 0 Å². The van der Waals surface area contributed by atoms with Gasteiger partial charge < -0.3 is 14.6 Å². The second-order valence-electron chi connectivity index (χ2n) is 11.2. The third kappa shape index (κ3) is 4.58. The molecule has 2 aliphatic rings. The van der Waals surface area contributed by atoms with E-state index in [4.69, 9.17) is 9.31 Å². The SMILES string of the molecule is CC1(C)COB(c2ccc(C(=O)Nc3ccc4c(c3)C(C)(C)CCC4(C)C)cc2)OC1. The molecule has 1 saturated heterocycles. The first kappa shape index (κ1) is 22.1. The summed E-state index contributed by atoms with van der Waals surface area (Å²) in [6.45, 7) is 14.8. The Balaban J connectivity index is 1.48. The molecular weight excluding hydrogens is 385 g/mol. The van der Waals surface area contributed by atoms with Crippen LogP contribution in [0.2, 0.25) is 0 Å². The monoisotopic (exact) mass is 419 g/mol. The lowest BCUT2D eigenvalue weighted by atomic mass is 9.63. The number of hydrogen-bond donors (Lipinski definition) is 1. The zero-order chi connectivity index (χ0) is 22.4. The molecule has 0 saturated carbocycles. The average Bonchev–Trinajstić information content (AvgIpc) is 2.72. The number of carbonyl (C=O) groups is 1. The Morgan fingerprint density at radius 3 is 2.03 bits per heavy atom. The maximum absolute atomic E-state index is 12.9. The number of rotatable bonds is 3. The Labute approximate surface area is 186 Å².